The van der Waals surface area contributed by atoms with E-state index in [0.29, 0.717) is 22.6 Å². The van der Waals surface area contributed by atoms with Crippen molar-refractivity contribution in [3.05, 3.63) is 70.1 Å². The molecule has 4 aromatic rings. The molecule has 0 spiro atoms. The predicted octanol–water partition coefficient (Wildman–Crippen LogP) is 4.73. The Bertz CT molecular complexity index is 1280. The van der Waals surface area contributed by atoms with Gasteiger partial charge in [-0.3, -0.25) is 9.69 Å². The fraction of sp³-hybridized carbons (Fsp3) is 0.261. The number of rotatable bonds is 6. The van der Waals surface area contributed by atoms with E-state index in [4.69, 9.17) is 9.40 Å². The van der Waals surface area contributed by atoms with Crippen molar-refractivity contribution in [3.8, 4) is 0 Å². The molecule has 6 nitrogen and oxygen atoms in total. The Morgan fingerprint density at radius 2 is 1.87 bits per heavy atom. The molecule has 0 bridgehead atoms. The molecule has 2 aromatic carbocycles. The zero-order valence-electron chi connectivity index (χ0n) is 17.6. The number of thiazole rings is 1. The average Bonchev–Trinajstić information content (AvgIpc) is 3.15. The number of aromatic nitrogens is 1. The minimum atomic E-state index is -0.631. The third-order valence-electron chi connectivity index (χ3n) is 4.94. The number of aryl methyl sites for hydroxylation is 1. The number of fused-ring (bicyclic) bond motifs is 2. The first-order valence-corrected chi connectivity index (χ1v) is 10.6. The molecule has 0 aliphatic heterocycles. The van der Waals surface area contributed by atoms with Crippen LogP contribution in [-0.2, 0) is 0 Å². The topological polar surface area (TPSA) is 66.7 Å². The maximum absolute atomic E-state index is 13.5. The SMILES string of the molecule is Cc1cccc2sc(N(CCCN(C)C)C(=O)c3cc4ccccc4oc3=O)nc12.Cl. The average molecular weight is 458 g/mol. The van der Waals surface area contributed by atoms with E-state index in [-0.39, 0.29) is 23.9 Å². The summed E-state index contributed by atoms with van der Waals surface area (Å²) in [7, 11) is 3.98. The number of anilines is 1. The van der Waals surface area contributed by atoms with Gasteiger partial charge in [-0.15, -0.1) is 12.4 Å². The normalized spacial score (nSPS) is 11.1. The van der Waals surface area contributed by atoms with Crippen LogP contribution < -0.4 is 10.5 Å². The molecule has 0 unspecified atom stereocenters. The van der Waals surface area contributed by atoms with E-state index in [1.54, 1.807) is 23.1 Å². The van der Waals surface area contributed by atoms with Crippen LogP contribution in [0.5, 0.6) is 0 Å². The molecule has 0 atom stereocenters. The van der Waals surface area contributed by atoms with E-state index in [2.05, 4.69) is 4.90 Å². The highest BCUT2D eigenvalue weighted by Crippen LogP contribution is 2.31. The summed E-state index contributed by atoms with van der Waals surface area (Å²) in [5.41, 5.74) is 1.80. The fourth-order valence-electron chi connectivity index (χ4n) is 3.38. The minimum absolute atomic E-state index is 0. The molecule has 31 heavy (non-hydrogen) atoms. The third kappa shape index (κ3) is 4.79. The van der Waals surface area contributed by atoms with Crippen molar-refractivity contribution in [1.82, 2.24) is 9.88 Å². The van der Waals surface area contributed by atoms with E-state index in [1.807, 2.05) is 51.4 Å². The van der Waals surface area contributed by atoms with Gasteiger partial charge in [0.05, 0.1) is 10.2 Å². The second-order valence-corrected chi connectivity index (χ2v) is 8.53. The van der Waals surface area contributed by atoms with Crippen LogP contribution in [0.25, 0.3) is 21.2 Å². The number of benzene rings is 2. The Hall–Kier alpha value is -2.74. The lowest BCUT2D eigenvalue weighted by molar-refractivity contribution is 0.0982. The molecule has 8 heteroatoms. The van der Waals surface area contributed by atoms with Crippen LogP contribution in [0.15, 0.2) is 57.7 Å². The maximum Gasteiger partial charge on any atom is 0.349 e. The lowest BCUT2D eigenvalue weighted by atomic mass is 10.1. The van der Waals surface area contributed by atoms with Gasteiger partial charge in [0.25, 0.3) is 5.91 Å². The molecule has 0 N–H and O–H groups in total. The smallest absolute Gasteiger partial charge is 0.349 e. The number of carbonyl (C=O) groups is 1. The first kappa shape index (κ1) is 22.9. The molecule has 4 rings (SSSR count). The first-order valence-electron chi connectivity index (χ1n) is 9.79. The maximum atomic E-state index is 13.5. The first-order chi connectivity index (χ1) is 14.4. The minimum Gasteiger partial charge on any atom is -0.422 e. The van der Waals surface area contributed by atoms with Crippen molar-refractivity contribution in [1.29, 1.82) is 0 Å². The lowest BCUT2D eigenvalue weighted by Crippen LogP contribution is -2.36. The van der Waals surface area contributed by atoms with E-state index >= 15 is 0 Å². The predicted molar refractivity (Wildman–Crippen MR) is 129 cm³/mol. The van der Waals surface area contributed by atoms with Crippen LogP contribution in [0.3, 0.4) is 0 Å². The summed E-state index contributed by atoms with van der Waals surface area (Å²) < 4.78 is 6.41. The van der Waals surface area contributed by atoms with Crippen molar-refractivity contribution < 1.29 is 9.21 Å². The molecule has 2 heterocycles. The van der Waals surface area contributed by atoms with Gasteiger partial charge in [0.2, 0.25) is 0 Å². The van der Waals surface area contributed by atoms with Crippen LogP contribution in [0.2, 0.25) is 0 Å². The van der Waals surface area contributed by atoms with Crippen molar-refractivity contribution in [2.45, 2.75) is 13.3 Å². The second-order valence-electron chi connectivity index (χ2n) is 7.52. The summed E-state index contributed by atoms with van der Waals surface area (Å²) in [6, 6.07) is 14.8. The standard InChI is InChI=1S/C23H23N3O3S.ClH/c1-15-8-6-11-19-20(15)24-23(30-19)26(13-7-12-25(2)3)21(27)17-14-16-9-4-5-10-18(16)29-22(17)28;/h4-6,8-11,14H,7,12-13H2,1-3H3;1H. The van der Waals surface area contributed by atoms with Gasteiger partial charge in [-0.1, -0.05) is 41.7 Å². The van der Waals surface area contributed by atoms with E-state index < -0.39 is 5.63 Å². The molecule has 162 valence electrons. The number of hydrogen-bond acceptors (Lipinski definition) is 6. The lowest BCUT2D eigenvalue weighted by Gasteiger charge is -2.20. The summed E-state index contributed by atoms with van der Waals surface area (Å²) in [6.45, 7) is 3.28. The highest BCUT2D eigenvalue weighted by atomic mass is 35.5. The van der Waals surface area contributed by atoms with Gasteiger partial charge in [-0.05, 0) is 57.7 Å². The van der Waals surface area contributed by atoms with Gasteiger partial charge in [0.15, 0.2) is 5.13 Å². The van der Waals surface area contributed by atoms with Crippen LogP contribution in [-0.4, -0.2) is 43.0 Å². The Kier molecular flexibility index (Phi) is 7.10. The number of amides is 1. The summed E-state index contributed by atoms with van der Waals surface area (Å²) in [5.74, 6) is -0.384. The third-order valence-corrected chi connectivity index (χ3v) is 5.99. The monoisotopic (exact) mass is 457 g/mol. The van der Waals surface area contributed by atoms with Gasteiger partial charge in [0.1, 0.15) is 11.1 Å². The van der Waals surface area contributed by atoms with E-state index in [1.165, 1.54) is 11.3 Å². The molecule has 0 aliphatic rings. The van der Waals surface area contributed by atoms with Gasteiger partial charge in [-0.2, -0.15) is 0 Å². The van der Waals surface area contributed by atoms with Gasteiger partial charge < -0.3 is 9.32 Å². The molecule has 0 fully saturated rings. The molecule has 0 radical (unpaired) electrons. The number of halogens is 1. The highest BCUT2D eigenvalue weighted by Gasteiger charge is 2.25. The van der Waals surface area contributed by atoms with E-state index in [0.717, 1.165) is 28.7 Å². The fourth-order valence-corrected chi connectivity index (χ4v) is 4.44. The van der Waals surface area contributed by atoms with Crippen molar-refractivity contribution >= 4 is 56.0 Å². The van der Waals surface area contributed by atoms with Crippen LogP contribution in [0.1, 0.15) is 22.3 Å². The summed E-state index contributed by atoms with van der Waals surface area (Å²) in [5, 5.41) is 1.31. The highest BCUT2D eigenvalue weighted by molar-refractivity contribution is 7.22. The largest absolute Gasteiger partial charge is 0.422 e. The summed E-state index contributed by atoms with van der Waals surface area (Å²) in [6.07, 6.45) is 0.757. The van der Waals surface area contributed by atoms with Gasteiger partial charge in [0, 0.05) is 11.9 Å². The van der Waals surface area contributed by atoms with Crippen LogP contribution in [0.4, 0.5) is 5.13 Å². The molecular formula is C23H24ClN3O3S. The van der Waals surface area contributed by atoms with Crippen molar-refractivity contribution in [2.24, 2.45) is 0 Å². The molecule has 1 amide bonds. The van der Waals surface area contributed by atoms with Crippen molar-refractivity contribution in [2.75, 3.05) is 32.1 Å². The number of hydrogen-bond donors (Lipinski definition) is 0. The molecule has 0 aliphatic carbocycles. The molecule has 0 saturated carbocycles. The number of nitrogens with zero attached hydrogens (tertiary/aromatic N) is 3. The zero-order valence-corrected chi connectivity index (χ0v) is 19.3. The Labute approximate surface area is 190 Å². The van der Waals surface area contributed by atoms with Crippen LogP contribution >= 0.6 is 23.7 Å². The molecule has 2 aromatic heterocycles. The second kappa shape index (κ2) is 9.60. The Morgan fingerprint density at radius 1 is 1.10 bits per heavy atom. The molecular weight excluding hydrogens is 434 g/mol. The zero-order chi connectivity index (χ0) is 21.3. The van der Waals surface area contributed by atoms with Crippen molar-refractivity contribution in [3.63, 3.8) is 0 Å². The van der Waals surface area contributed by atoms with Crippen LogP contribution in [0, 0.1) is 6.92 Å². The summed E-state index contributed by atoms with van der Waals surface area (Å²) >= 11 is 1.46. The molecule has 0 saturated heterocycles. The summed E-state index contributed by atoms with van der Waals surface area (Å²) in [4.78, 5) is 34.4. The quantitative estimate of drug-likeness (QED) is 0.391. The van der Waals surface area contributed by atoms with E-state index in [9.17, 15) is 9.59 Å². The number of carbonyl (C=O) groups excluding carboxylic acids is 1. The van der Waals surface area contributed by atoms with Gasteiger partial charge >= 0.3 is 5.63 Å². The van der Waals surface area contributed by atoms with Gasteiger partial charge in [-0.25, -0.2) is 9.78 Å². The number of para-hydroxylation sites is 2. The Morgan fingerprint density at radius 3 is 2.61 bits per heavy atom. The Balaban J connectivity index is 0.00000272.